The molecule has 1 fully saturated rings. The van der Waals surface area contributed by atoms with Gasteiger partial charge >= 0.3 is 0 Å². The maximum atomic E-state index is 10.8. The fourth-order valence-electron chi connectivity index (χ4n) is 3.97. The Kier molecular flexibility index (Phi) is 4.99. The van der Waals surface area contributed by atoms with Gasteiger partial charge in [-0.1, -0.05) is 12.8 Å². The first kappa shape index (κ1) is 18.7. The number of aromatic nitrogens is 2. The molecule has 0 radical (unpaired) electrons. The van der Waals surface area contributed by atoms with E-state index in [1.165, 1.54) is 37.3 Å². The van der Waals surface area contributed by atoms with Crippen LogP contribution in [0.25, 0.3) is 21.8 Å². The zero-order valence-electron chi connectivity index (χ0n) is 15.6. The summed E-state index contributed by atoms with van der Waals surface area (Å²) in [5.74, 6) is 0.575. The fourth-order valence-corrected chi connectivity index (χ4v) is 3.97. The first-order valence-corrected chi connectivity index (χ1v) is 9.50. The van der Waals surface area contributed by atoms with Crippen LogP contribution in [0.3, 0.4) is 0 Å². The average molecular weight is 392 g/mol. The van der Waals surface area contributed by atoms with Crippen molar-refractivity contribution in [2.75, 3.05) is 0 Å². The lowest BCUT2D eigenvalue weighted by molar-refractivity contribution is -0.384. The summed E-state index contributed by atoms with van der Waals surface area (Å²) in [6.45, 7) is 0. The molecule has 0 bridgehead atoms. The molecule has 29 heavy (non-hydrogen) atoms. The van der Waals surface area contributed by atoms with Gasteiger partial charge in [-0.25, -0.2) is 0 Å². The van der Waals surface area contributed by atoms with Gasteiger partial charge in [-0.05, 0) is 42.5 Å². The van der Waals surface area contributed by atoms with Crippen LogP contribution in [0.5, 0.6) is 0 Å². The Morgan fingerprint density at radius 2 is 1.48 bits per heavy atom. The van der Waals surface area contributed by atoms with Crippen LogP contribution in [0.1, 0.15) is 37.2 Å². The Labute approximate surface area is 165 Å². The number of nitrogens with one attached hydrogen (secondary N) is 2. The highest BCUT2D eigenvalue weighted by Gasteiger charge is 2.21. The number of rotatable bonds is 3. The number of non-ortho nitro benzene ring substituents is 2. The molecule has 2 N–H and O–H groups in total. The van der Waals surface area contributed by atoms with Crippen molar-refractivity contribution in [3.05, 3.63) is 80.7 Å². The Morgan fingerprint density at radius 1 is 0.828 bits per heavy atom. The van der Waals surface area contributed by atoms with Gasteiger partial charge in [-0.15, -0.1) is 0 Å². The molecule has 0 spiro atoms. The first-order valence-electron chi connectivity index (χ1n) is 9.50. The number of hydrogen-bond acceptors (Lipinski definition) is 4. The molecule has 0 unspecified atom stereocenters. The molecule has 2 aromatic carbocycles. The lowest BCUT2D eigenvalue weighted by Gasteiger charge is -2.06. The largest absolute Gasteiger partial charge is 0.361 e. The highest BCUT2D eigenvalue weighted by molar-refractivity contribution is 5.86. The minimum Gasteiger partial charge on any atom is -0.361 e. The van der Waals surface area contributed by atoms with E-state index in [-0.39, 0.29) is 16.3 Å². The van der Waals surface area contributed by atoms with Gasteiger partial charge in [0.05, 0.1) is 9.85 Å². The summed E-state index contributed by atoms with van der Waals surface area (Å²) in [6.07, 6.45) is 8.72. The summed E-state index contributed by atoms with van der Waals surface area (Å²) < 4.78 is 0. The smallest absolute Gasteiger partial charge is 0.270 e. The van der Waals surface area contributed by atoms with E-state index >= 15 is 0 Å². The third kappa shape index (κ3) is 3.82. The molecule has 5 rings (SSSR count). The number of benzene rings is 2. The van der Waals surface area contributed by atoms with Crippen LogP contribution in [0.2, 0.25) is 0 Å². The van der Waals surface area contributed by atoms with Gasteiger partial charge in [-0.3, -0.25) is 20.2 Å². The van der Waals surface area contributed by atoms with Crippen LogP contribution in [-0.4, -0.2) is 19.8 Å². The van der Waals surface area contributed by atoms with Gasteiger partial charge in [0.25, 0.3) is 11.4 Å². The van der Waals surface area contributed by atoms with Gasteiger partial charge < -0.3 is 9.97 Å². The van der Waals surface area contributed by atoms with E-state index in [1.807, 2.05) is 12.3 Å². The molecule has 8 nitrogen and oxygen atoms in total. The Bertz CT molecular complexity index is 1190. The van der Waals surface area contributed by atoms with Crippen molar-refractivity contribution in [2.24, 2.45) is 0 Å². The van der Waals surface area contributed by atoms with Crippen molar-refractivity contribution in [3.8, 4) is 0 Å². The van der Waals surface area contributed by atoms with Crippen molar-refractivity contribution < 1.29 is 9.85 Å². The van der Waals surface area contributed by atoms with Crippen LogP contribution in [-0.2, 0) is 0 Å². The summed E-state index contributed by atoms with van der Waals surface area (Å²) in [5, 5.41) is 23.0. The number of nitro benzene ring substituents is 2. The molecule has 148 valence electrons. The third-order valence-electron chi connectivity index (χ3n) is 5.45. The van der Waals surface area contributed by atoms with Crippen molar-refractivity contribution in [3.63, 3.8) is 0 Å². The zero-order valence-corrected chi connectivity index (χ0v) is 15.6. The summed E-state index contributed by atoms with van der Waals surface area (Å²) in [6, 6.07) is 11.6. The molecule has 0 atom stereocenters. The van der Waals surface area contributed by atoms with E-state index in [0.29, 0.717) is 5.92 Å². The number of H-pyrrole nitrogens is 2. The molecule has 0 aliphatic heterocycles. The topological polar surface area (TPSA) is 118 Å². The minimum atomic E-state index is -0.396. The van der Waals surface area contributed by atoms with E-state index in [1.54, 1.807) is 36.5 Å². The fraction of sp³-hybridized carbons (Fsp3) is 0.238. The molecule has 1 aliphatic carbocycles. The van der Waals surface area contributed by atoms with Crippen molar-refractivity contribution in [1.82, 2.24) is 9.97 Å². The van der Waals surface area contributed by atoms with Crippen molar-refractivity contribution >= 4 is 33.2 Å². The number of aromatic amines is 2. The maximum absolute atomic E-state index is 10.8. The molecule has 2 aromatic heterocycles. The molecule has 1 aliphatic rings. The van der Waals surface area contributed by atoms with Gasteiger partial charge in [0, 0.05) is 58.5 Å². The zero-order chi connectivity index (χ0) is 20.4. The van der Waals surface area contributed by atoms with Gasteiger partial charge in [0.2, 0.25) is 0 Å². The lowest BCUT2D eigenvalue weighted by Crippen LogP contribution is -1.91. The maximum Gasteiger partial charge on any atom is 0.270 e. The van der Waals surface area contributed by atoms with Crippen LogP contribution in [0, 0.1) is 20.2 Å². The molecular formula is C21H20N4O4. The second-order valence-corrected chi connectivity index (χ2v) is 7.22. The molecular weight excluding hydrogens is 372 g/mol. The van der Waals surface area contributed by atoms with E-state index < -0.39 is 4.92 Å². The molecule has 4 aromatic rings. The Balaban J connectivity index is 0.000000150. The van der Waals surface area contributed by atoms with Crippen molar-refractivity contribution in [2.45, 2.75) is 31.6 Å². The third-order valence-corrected chi connectivity index (χ3v) is 5.45. The first-order chi connectivity index (χ1) is 14.0. The highest BCUT2D eigenvalue weighted by atomic mass is 16.6. The SMILES string of the molecule is O=[N+]([O-])c1ccc2[nH]cc(C3CCCC3)c2c1.O=[N+]([O-])c1ccc2[nH]ccc2c1. The predicted molar refractivity (Wildman–Crippen MR) is 111 cm³/mol. The van der Waals surface area contributed by atoms with Gasteiger partial charge in [-0.2, -0.15) is 0 Å². The number of nitrogens with zero attached hydrogens (tertiary/aromatic N) is 2. The second-order valence-electron chi connectivity index (χ2n) is 7.22. The summed E-state index contributed by atoms with van der Waals surface area (Å²) in [5.41, 5.74) is 3.47. The van der Waals surface area contributed by atoms with Crippen LogP contribution in [0.4, 0.5) is 11.4 Å². The number of nitro groups is 2. The second kappa shape index (κ2) is 7.75. The van der Waals surface area contributed by atoms with E-state index in [4.69, 9.17) is 0 Å². The monoisotopic (exact) mass is 392 g/mol. The Hall–Kier alpha value is -3.68. The van der Waals surface area contributed by atoms with E-state index in [0.717, 1.165) is 21.8 Å². The molecule has 2 heterocycles. The number of fused-ring (bicyclic) bond motifs is 2. The summed E-state index contributed by atoms with van der Waals surface area (Å²) in [4.78, 5) is 26.6. The Morgan fingerprint density at radius 3 is 2.17 bits per heavy atom. The van der Waals surface area contributed by atoms with Gasteiger partial charge in [0.1, 0.15) is 0 Å². The molecule has 0 amide bonds. The minimum absolute atomic E-state index is 0.127. The molecule has 0 saturated heterocycles. The standard InChI is InChI=1S/C13H14N2O2.C8H6N2O2/c16-15(17)10-5-6-13-11(7-10)12(8-14-13)9-3-1-2-4-9;11-10(12)7-1-2-8-6(5-7)3-4-9-8/h5-9,14H,1-4H2;1-5,9H. The number of hydrogen-bond donors (Lipinski definition) is 2. The highest BCUT2D eigenvalue weighted by Crippen LogP contribution is 2.38. The summed E-state index contributed by atoms with van der Waals surface area (Å²) in [7, 11) is 0. The quantitative estimate of drug-likeness (QED) is 0.338. The van der Waals surface area contributed by atoms with E-state index in [2.05, 4.69) is 9.97 Å². The average Bonchev–Trinajstić information content (AvgIpc) is 3.46. The predicted octanol–water partition coefficient (Wildman–Crippen LogP) is 5.81. The summed E-state index contributed by atoms with van der Waals surface area (Å²) >= 11 is 0. The van der Waals surface area contributed by atoms with Gasteiger partial charge in [0.15, 0.2) is 0 Å². The van der Waals surface area contributed by atoms with E-state index in [9.17, 15) is 20.2 Å². The molecule has 8 heteroatoms. The lowest BCUT2D eigenvalue weighted by atomic mass is 9.97. The van der Waals surface area contributed by atoms with Crippen LogP contribution < -0.4 is 0 Å². The molecule has 1 saturated carbocycles. The van der Waals surface area contributed by atoms with Crippen molar-refractivity contribution in [1.29, 1.82) is 0 Å². The normalized spacial score (nSPS) is 14.1. The van der Waals surface area contributed by atoms with Crippen LogP contribution in [0.15, 0.2) is 54.9 Å². The van der Waals surface area contributed by atoms with Crippen LogP contribution >= 0.6 is 0 Å².